The summed E-state index contributed by atoms with van der Waals surface area (Å²) in [5.41, 5.74) is 3.49. The predicted molar refractivity (Wildman–Crippen MR) is 177 cm³/mol. The summed E-state index contributed by atoms with van der Waals surface area (Å²) in [6.45, 7) is 5.29. The Hall–Kier alpha value is -2.49. The third-order valence-electron chi connectivity index (χ3n) is 10.4. The molecule has 2 aliphatic carbocycles. The number of aliphatic hydroxyl groups is 3. The molecule has 248 valence electrons. The van der Waals surface area contributed by atoms with Crippen LogP contribution in [0.25, 0.3) is 0 Å². The minimum Gasteiger partial charge on any atom is -0.504 e. The number of hydrogen-bond acceptors (Lipinski definition) is 8. The maximum absolute atomic E-state index is 11.1. The lowest BCUT2D eigenvalue weighted by Gasteiger charge is -2.35. The van der Waals surface area contributed by atoms with Crippen molar-refractivity contribution in [2.45, 2.75) is 109 Å². The zero-order valence-electron chi connectivity index (χ0n) is 27.2. The van der Waals surface area contributed by atoms with Gasteiger partial charge in [-0.25, -0.2) is 0 Å². The third kappa shape index (κ3) is 8.46. The second-order valence-electron chi connectivity index (χ2n) is 13.7. The van der Waals surface area contributed by atoms with Crippen LogP contribution in [-0.2, 0) is 11.2 Å². The van der Waals surface area contributed by atoms with Gasteiger partial charge in [0.15, 0.2) is 29.9 Å². The van der Waals surface area contributed by atoms with Crippen molar-refractivity contribution in [2.75, 3.05) is 26.3 Å². The molecular weight excluding hydrogens is 568 g/mol. The molecule has 5 atom stereocenters. The largest absolute Gasteiger partial charge is 0.504 e. The number of unbranched alkanes of at least 4 members (excludes halogenated alkanes) is 1. The highest BCUT2D eigenvalue weighted by molar-refractivity contribution is 5.84. The standard InChI is InChI=1S/C37H54N2O6/c1-3-4-9-35-28(23-40)18-29(45-35)12-10-26-11-13-33(42)36(17-26)44-24-34(43)32-19-27(21-39-32)30(22-38-20-25(2)41)31-8-7-16-37(31)14-5-6-15-37/h11,13,17-19,21,25,30-31,34-35,38,40-43H,3-10,12,14-16,20,22-24H2,1-2H3. The van der Waals surface area contributed by atoms with Crippen molar-refractivity contribution in [1.82, 2.24) is 5.32 Å². The molecule has 8 heteroatoms. The molecule has 2 saturated carbocycles. The number of nitrogens with one attached hydrogen (secondary N) is 1. The lowest BCUT2D eigenvalue weighted by atomic mass is 9.68. The molecule has 1 spiro atoms. The number of hydrogen-bond donors (Lipinski definition) is 5. The fourth-order valence-corrected chi connectivity index (χ4v) is 8.07. The molecule has 0 amide bonds. The monoisotopic (exact) mass is 622 g/mol. The van der Waals surface area contributed by atoms with Gasteiger partial charge in [-0.15, -0.1) is 4.99 Å². The van der Waals surface area contributed by atoms with E-state index in [1.165, 1.54) is 44.9 Å². The van der Waals surface area contributed by atoms with Crippen LogP contribution >= 0.6 is 0 Å². The predicted octanol–water partition coefficient (Wildman–Crippen LogP) is 5.59. The van der Waals surface area contributed by atoms with Gasteiger partial charge in [0.05, 0.1) is 18.1 Å². The van der Waals surface area contributed by atoms with Crippen LogP contribution in [0, 0.1) is 29.4 Å². The smallest absolute Gasteiger partial charge is 0.181 e. The number of phenolic OH excluding ortho intramolecular Hbond substituents is 1. The van der Waals surface area contributed by atoms with Gasteiger partial charge in [0, 0.05) is 25.8 Å². The second-order valence-corrected chi connectivity index (χ2v) is 13.7. The van der Waals surface area contributed by atoms with Gasteiger partial charge < -0.3 is 35.2 Å². The van der Waals surface area contributed by atoms with Crippen molar-refractivity contribution >= 4 is 6.21 Å². The molecule has 4 aliphatic rings. The Morgan fingerprint density at radius 1 is 1.18 bits per heavy atom. The van der Waals surface area contributed by atoms with E-state index < -0.39 is 12.2 Å². The summed E-state index contributed by atoms with van der Waals surface area (Å²) in [7, 11) is 0. The minimum absolute atomic E-state index is 0.0129. The van der Waals surface area contributed by atoms with Crippen molar-refractivity contribution in [1.29, 1.82) is 0 Å². The van der Waals surface area contributed by atoms with Crippen LogP contribution in [0.2, 0.25) is 0 Å². The fourth-order valence-electron chi connectivity index (χ4n) is 8.07. The molecule has 0 saturated heterocycles. The molecule has 5 rings (SSSR count). The Morgan fingerprint density at radius 3 is 2.73 bits per heavy atom. The summed E-state index contributed by atoms with van der Waals surface area (Å²) in [5.74, 6) is 1.22. The average molecular weight is 623 g/mol. The Kier molecular flexibility index (Phi) is 11.9. The summed E-state index contributed by atoms with van der Waals surface area (Å²) in [6.07, 6.45) is 18.9. The van der Waals surface area contributed by atoms with E-state index in [1.54, 1.807) is 13.0 Å². The van der Waals surface area contributed by atoms with Crippen LogP contribution in [0.4, 0.5) is 0 Å². The number of aliphatic hydroxyl groups excluding tert-OH is 3. The van der Waals surface area contributed by atoms with E-state index in [0.29, 0.717) is 42.5 Å². The maximum atomic E-state index is 11.1. The average Bonchev–Trinajstić information content (AvgIpc) is 3.85. The van der Waals surface area contributed by atoms with E-state index in [9.17, 15) is 20.4 Å². The van der Waals surface area contributed by atoms with E-state index in [0.717, 1.165) is 48.6 Å². The summed E-state index contributed by atoms with van der Waals surface area (Å²) >= 11 is 0. The highest BCUT2D eigenvalue weighted by Crippen LogP contribution is 2.57. The molecule has 8 nitrogen and oxygen atoms in total. The first-order chi connectivity index (χ1) is 21.8. The highest BCUT2D eigenvalue weighted by Gasteiger charge is 2.50. The molecule has 2 heterocycles. The fraction of sp³-hybridized carbons (Fsp3) is 0.649. The summed E-state index contributed by atoms with van der Waals surface area (Å²) in [4.78, 5) is 4.62. The Morgan fingerprint density at radius 2 is 1.98 bits per heavy atom. The van der Waals surface area contributed by atoms with Gasteiger partial charge in [-0.3, -0.25) is 0 Å². The number of nitrogens with zero attached hydrogens (tertiary/aromatic N) is 1. The van der Waals surface area contributed by atoms with Crippen molar-refractivity contribution in [3.8, 4) is 11.5 Å². The molecule has 45 heavy (non-hydrogen) atoms. The van der Waals surface area contributed by atoms with Gasteiger partial charge >= 0.3 is 0 Å². The molecule has 1 aromatic carbocycles. The summed E-state index contributed by atoms with van der Waals surface area (Å²) in [6, 6.07) is 5.90. The van der Waals surface area contributed by atoms with Crippen molar-refractivity contribution in [3.05, 3.63) is 59.2 Å². The lowest BCUT2D eigenvalue weighted by Crippen LogP contribution is -2.38. The first kappa shape index (κ1) is 33.9. The zero-order valence-corrected chi connectivity index (χ0v) is 27.2. The van der Waals surface area contributed by atoms with Crippen LogP contribution in [0.3, 0.4) is 0 Å². The van der Waals surface area contributed by atoms with Gasteiger partial charge in [0.2, 0.25) is 0 Å². The number of aryl methyl sites for hydroxylation is 1. The van der Waals surface area contributed by atoms with Crippen molar-refractivity contribution in [2.24, 2.45) is 22.2 Å². The molecule has 0 aromatic heterocycles. The molecule has 5 unspecified atom stereocenters. The van der Waals surface area contributed by atoms with Gasteiger partial charge in [0.25, 0.3) is 0 Å². The summed E-state index contributed by atoms with van der Waals surface area (Å²) < 4.78 is 12.0. The number of benzene rings is 1. The number of aromatic hydroxyl groups is 1. The maximum Gasteiger partial charge on any atom is 0.181 e. The molecular formula is C37H54N2O6. The Bertz CT molecular complexity index is 1180. The molecule has 5 N–H and O–H groups in total. The topological polar surface area (TPSA) is 124 Å². The zero-order chi connectivity index (χ0) is 31.8. The van der Waals surface area contributed by atoms with E-state index in [4.69, 9.17) is 9.47 Å². The van der Waals surface area contributed by atoms with E-state index in [1.807, 2.05) is 30.5 Å². The Labute approximate surface area is 269 Å². The van der Waals surface area contributed by atoms with Crippen LogP contribution in [0.15, 0.2) is 46.5 Å². The normalized spacial score (nSPS) is 24.4. The lowest BCUT2D eigenvalue weighted by molar-refractivity contribution is 0.103. The first-order valence-electron chi connectivity index (χ1n) is 17.3. The molecule has 2 aliphatic heterocycles. The quantitative estimate of drug-likeness (QED) is 0.144. The highest BCUT2D eigenvalue weighted by atomic mass is 16.5. The Balaban J connectivity index is 1.17. The summed E-state index contributed by atoms with van der Waals surface area (Å²) in [5, 5.41) is 44.6. The van der Waals surface area contributed by atoms with Crippen molar-refractivity contribution < 1.29 is 29.9 Å². The second kappa shape index (κ2) is 15.9. The third-order valence-corrected chi connectivity index (χ3v) is 10.4. The minimum atomic E-state index is -0.929. The molecule has 0 bridgehead atoms. The van der Waals surface area contributed by atoms with Crippen LogP contribution in [0.1, 0.15) is 90.0 Å². The molecule has 0 radical (unpaired) electrons. The van der Waals surface area contributed by atoms with Crippen LogP contribution in [-0.4, -0.2) is 71.3 Å². The van der Waals surface area contributed by atoms with Gasteiger partial charge in [-0.2, -0.15) is 11.6 Å². The molecule has 1 aromatic rings. The van der Waals surface area contributed by atoms with Crippen LogP contribution < -0.4 is 10.1 Å². The van der Waals surface area contributed by atoms with E-state index >= 15 is 0 Å². The number of rotatable bonds is 17. The van der Waals surface area contributed by atoms with Crippen molar-refractivity contribution in [3.63, 3.8) is 0 Å². The molecule has 2 fully saturated rings. The SMILES string of the molecule is CCCCC1O[C-](CCc2ccc(O)c(OCC(O)[C+]3C=C(C(CNCC(C)O)C4CCCC45CCCC5)C=N3)c2)C=C1CO. The number of ether oxygens (including phenoxy) is 2. The van der Waals surface area contributed by atoms with E-state index in [2.05, 4.69) is 17.2 Å². The van der Waals surface area contributed by atoms with Gasteiger partial charge in [0.1, 0.15) is 12.2 Å². The van der Waals surface area contributed by atoms with E-state index in [-0.39, 0.29) is 31.0 Å². The van der Waals surface area contributed by atoms with Crippen LogP contribution in [0.5, 0.6) is 11.5 Å². The number of phenols is 1. The number of aliphatic imine (C=N–C) groups is 1. The van der Waals surface area contributed by atoms with Gasteiger partial charge in [-0.1, -0.05) is 57.6 Å². The first-order valence-corrected chi connectivity index (χ1v) is 17.3. The van der Waals surface area contributed by atoms with Gasteiger partial charge in [-0.05, 0) is 74.5 Å².